The first-order valence-corrected chi connectivity index (χ1v) is 11.4. The smallest absolute Gasteiger partial charge is 0.339 e. The van der Waals surface area contributed by atoms with Crippen molar-refractivity contribution in [2.75, 3.05) is 13.2 Å². The summed E-state index contributed by atoms with van der Waals surface area (Å²) in [5.41, 5.74) is 1.06. The van der Waals surface area contributed by atoms with Crippen LogP contribution in [0.2, 0.25) is 0 Å². The van der Waals surface area contributed by atoms with Gasteiger partial charge in [-0.1, -0.05) is 73.5 Å². The van der Waals surface area contributed by atoms with E-state index in [9.17, 15) is 9.59 Å². The molecule has 0 aliphatic carbocycles. The van der Waals surface area contributed by atoms with Crippen LogP contribution >= 0.6 is 21.6 Å². The van der Waals surface area contributed by atoms with Crippen molar-refractivity contribution in [1.82, 2.24) is 0 Å². The van der Waals surface area contributed by atoms with E-state index in [1.165, 1.54) is 21.6 Å². The predicted molar refractivity (Wildman–Crippen MR) is 115 cm³/mol. The van der Waals surface area contributed by atoms with Crippen molar-refractivity contribution in [3.63, 3.8) is 0 Å². The molecule has 0 N–H and O–H groups in total. The standard InChI is InChI=1S/C22H26O4S2/c1-15(2)13-25-21(23)17-9-5-7-11-19(17)27-28-20-12-8-6-10-18(20)22(24)26-14-16(3)4/h5-12,15-16H,13-14H2,1-4H3. The second kappa shape index (κ2) is 11.2. The number of carbonyl (C=O) groups excluding carboxylic acids is 2. The molecule has 0 heterocycles. The lowest BCUT2D eigenvalue weighted by molar-refractivity contribution is 0.0446. The van der Waals surface area contributed by atoms with Gasteiger partial charge in [-0.2, -0.15) is 0 Å². The minimum Gasteiger partial charge on any atom is -0.462 e. The molecule has 0 bridgehead atoms. The number of esters is 2. The van der Waals surface area contributed by atoms with Crippen molar-refractivity contribution in [3.05, 3.63) is 59.7 Å². The van der Waals surface area contributed by atoms with Crippen molar-refractivity contribution < 1.29 is 19.1 Å². The van der Waals surface area contributed by atoms with E-state index >= 15 is 0 Å². The van der Waals surface area contributed by atoms with Gasteiger partial charge >= 0.3 is 11.9 Å². The van der Waals surface area contributed by atoms with E-state index in [4.69, 9.17) is 9.47 Å². The van der Waals surface area contributed by atoms with E-state index in [1.807, 2.05) is 64.1 Å². The minimum atomic E-state index is -0.331. The molecule has 2 aromatic rings. The van der Waals surface area contributed by atoms with Gasteiger partial charge in [-0.05, 0) is 36.1 Å². The van der Waals surface area contributed by atoms with Crippen LogP contribution in [-0.4, -0.2) is 25.2 Å². The Balaban J connectivity index is 2.11. The van der Waals surface area contributed by atoms with Crippen LogP contribution in [-0.2, 0) is 9.47 Å². The van der Waals surface area contributed by atoms with Crippen LogP contribution in [0.5, 0.6) is 0 Å². The maximum absolute atomic E-state index is 12.4. The molecule has 0 aliphatic heterocycles. The number of benzene rings is 2. The summed E-state index contributed by atoms with van der Waals surface area (Å²) in [6, 6.07) is 14.7. The third-order valence-electron chi connectivity index (χ3n) is 3.53. The predicted octanol–water partition coefficient (Wildman–Crippen LogP) is 6.11. The summed E-state index contributed by atoms with van der Waals surface area (Å²) in [6.45, 7) is 8.77. The van der Waals surface area contributed by atoms with Gasteiger partial charge in [0.1, 0.15) is 0 Å². The van der Waals surface area contributed by atoms with Gasteiger partial charge in [0, 0.05) is 9.79 Å². The topological polar surface area (TPSA) is 52.6 Å². The van der Waals surface area contributed by atoms with Crippen LogP contribution in [0.4, 0.5) is 0 Å². The lowest BCUT2D eigenvalue weighted by Crippen LogP contribution is -2.11. The van der Waals surface area contributed by atoms with Crippen molar-refractivity contribution in [2.24, 2.45) is 11.8 Å². The summed E-state index contributed by atoms with van der Waals surface area (Å²) in [5.74, 6) is -0.104. The molecule has 0 amide bonds. The molecule has 0 saturated heterocycles. The molecule has 0 atom stereocenters. The third kappa shape index (κ3) is 6.91. The first-order chi connectivity index (χ1) is 13.4. The van der Waals surface area contributed by atoms with Gasteiger partial charge in [-0.15, -0.1) is 0 Å². The lowest BCUT2D eigenvalue weighted by Gasteiger charge is -2.12. The zero-order valence-electron chi connectivity index (χ0n) is 16.6. The van der Waals surface area contributed by atoms with E-state index in [2.05, 4.69) is 0 Å². The van der Waals surface area contributed by atoms with E-state index in [0.717, 1.165) is 9.79 Å². The first-order valence-electron chi connectivity index (χ1n) is 9.25. The fourth-order valence-corrected chi connectivity index (χ4v) is 4.49. The van der Waals surface area contributed by atoms with Gasteiger partial charge in [0.2, 0.25) is 0 Å². The minimum absolute atomic E-state index is 0.280. The zero-order chi connectivity index (χ0) is 20.5. The van der Waals surface area contributed by atoms with Crippen molar-refractivity contribution in [2.45, 2.75) is 37.5 Å². The molecular formula is C22H26O4S2. The summed E-state index contributed by atoms with van der Waals surface area (Å²) < 4.78 is 10.7. The quantitative estimate of drug-likeness (QED) is 0.362. The molecule has 2 aromatic carbocycles. The third-order valence-corrected chi connectivity index (χ3v) is 6.01. The molecule has 6 heteroatoms. The summed E-state index contributed by atoms with van der Waals surface area (Å²) in [5, 5.41) is 0. The Hall–Kier alpha value is -1.92. The molecule has 0 aliphatic rings. The molecule has 0 radical (unpaired) electrons. The molecule has 0 saturated carbocycles. The maximum Gasteiger partial charge on any atom is 0.339 e. The van der Waals surface area contributed by atoms with Crippen molar-refractivity contribution in [1.29, 1.82) is 0 Å². The number of hydrogen-bond donors (Lipinski definition) is 0. The van der Waals surface area contributed by atoms with Gasteiger partial charge in [0.05, 0.1) is 24.3 Å². The highest BCUT2D eigenvalue weighted by Gasteiger charge is 2.17. The molecule has 4 nitrogen and oxygen atoms in total. The highest BCUT2D eigenvalue weighted by atomic mass is 33.1. The van der Waals surface area contributed by atoms with E-state index < -0.39 is 0 Å². The van der Waals surface area contributed by atoms with E-state index in [0.29, 0.717) is 24.3 Å². The van der Waals surface area contributed by atoms with Crippen LogP contribution in [0.15, 0.2) is 58.3 Å². The zero-order valence-corrected chi connectivity index (χ0v) is 18.3. The molecule has 0 fully saturated rings. The van der Waals surface area contributed by atoms with Gasteiger partial charge in [0.25, 0.3) is 0 Å². The Morgan fingerprint density at radius 3 is 1.43 bits per heavy atom. The maximum atomic E-state index is 12.4. The fourth-order valence-electron chi connectivity index (χ4n) is 2.15. The molecule has 150 valence electrons. The molecule has 2 rings (SSSR count). The Labute approximate surface area is 174 Å². The van der Waals surface area contributed by atoms with Crippen LogP contribution in [0, 0.1) is 11.8 Å². The first kappa shape index (κ1) is 22.4. The number of hydrogen-bond acceptors (Lipinski definition) is 6. The number of rotatable bonds is 9. The summed E-state index contributed by atoms with van der Waals surface area (Å²) in [6.07, 6.45) is 0. The molecule has 0 spiro atoms. The summed E-state index contributed by atoms with van der Waals surface area (Å²) in [4.78, 5) is 26.4. The van der Waals surface area contributed by atoms with Gasteiger partial charge in [0.15, 0.2) is 0 Å². The normalized spacial score (nSPS) is 10.9. The second-order valence-corrected chi connectivity index (χ2v) is 9.36. The van der Waals surface area contributed by atoms with Crippen molar-refractivity contribution in [3.8, 4) is 0 Å². The van der Waals surface area contributed by atoms with Gasteiger partial charge in [-0.25, -0.2) is 9.59 Å². The average molecular weight is 419 g/mol. The molecule has 0 aromatic heterocycles. The highest BCUT2D eigenvalue weighted by Crippen LogP contribution is 2.40. The summed E-state index contributed by atoms with van der Waals surface area (Å²) >= 11 is 0. The number of carbonyl (C=O) groups is 2. The molecule has 0 unspecified atom stereocenters. The van der Waals surface area contributed by atoms with Gasteiger partial charge < -0.3 is 9.47 Å². The van der Waals surface area contributed by atoms with Crippen LogP contribution in [0.25, 0.3) is 0 Å². The van der Waals surface area contributed by atoms with E-state index in [-0.39, 0.29) is 23.8 Å². The second-order valence-electron chi connectivity index (χ2n) is 7.14. The monoisotopic (exact) mass is 418 g/mol. The highest BCUT2D eigenvalue weighted by molar-refractivity contribution is 8.76. The van der Waals surface area contributed by atoms with Gasteiger partial charge in [-0.3, -0.25) is 0 Å². The molecular weight excluding hydrogens is 392 g/mol. The van der Waals surface area contributed by atoms with Crippen LogP contribution in [0.3, 0.4) is 0 Å². The fraction of sp³-hybridized carbons (Fsp3) is 0.364. The Bertz CT molecular complexity index is 735. The van der Waals surface area contributed by atoms with Crippen molar-refractivity contribution >= 4 is 33.5 Å². The summed E-state index contributed by atoms with van der Waals surface area (Å²) in [7, 11) is 2.85. The number of ether oxygens (including phenoxy) is 2. The molecule has 28 heavy (non-hydrogen) atoms. The Morgan fingerprint density at radius 2 is 1.07 bits per heavy atom. The van der Waals surface area contributed by atoms with Crippen LogP contribution < -0.4 is 0 Å². The van der Waals surface area contributed by atoms with E-state index in [1.54, 1.807) is 12.1 Å². The lowest BCUT2D eigenvalue weighted by atomic mass is 10.2. The average Bonchev–Trinajstić information content (AvgIpc) is 2.69. The van der Waals surface area contributed by atoms with Crippen LogP contribution in [0.1, 0.15) is 48.4 Å². The Morgan fingerprint density at radius 1 is 0.714 bits per heavy atom. The largest absolute Gasteiger partial charge is 0.462 e. The Kier molecular flexibility index (Phi) is 8.93. The SMILES string of the molecule is CC(C)COC(=O)c1ccccc1SSc1ccccc1C(=O)OCC(C)C.